The van der Waals surface area contributed by atoms with Crippen LogP contribution in [0.2, 0.25) is 0 Å². The van der Waals surface area contributed by atoms with E-state index in [0.29, 0.717) is 47.3 Å². The molecule has 2 spiro atoms. The molecule has 0 aromatic heterocycles. The van der Waals surface area contributed by atoms with Crippen molar-refractivity contribution in [2.75, 3.05) is 0 Å². The number of isocyanates is 6. The topological polar surface area (TPSA) is 194 Å². The molecule has 5 rings (SSSR count). The minimum atomic E-state index is -0.694. The Hall–Kier alpha value is -4.05. The Morgan fingerprint density at radius 1 is 0.556 bits per heavy atom. The minimum absolute atomic E-state index is 0.00278. The van der Waals surface area contributed by atoms with Crippen LogP contribution in [0.5, 0.6) is 0 Å². The molecule has 0 aromatic rings. The lowest BCUT2D eigenvalue weighted by Crippen LogP contribution is -2.44. The highest BCUT2D eigenvalue weighted by atomic mass is 16.1. The molecule has 14 atom stereocenters. The summed E-state index contributed by atoms with van der Waals surface area (Å²) < 4.78 is 0. The van der Waals surface area contributed by atoms with Crippen molar-refractivity contribution >= 4 is 42.3 Å². The molecule has 5 saturated carbocycles. The molecular formula is C41H58N6O7. The Morgan fingerprint density at radius 2 is 0.963 bits per heavy atom. The Labute approximate surface area is 319 Å². The van der Waals surface area contributed by atoms with Gasteiger partial charge in [-0.3, -0.25) is 4.79 Å². The molecule has 0 saturated heterocycles. The molecule has 0 bridgehead atoms. The number of nitrogens with zero attached hydrogens (tertiary/aromatic N) is 6. The van der Waals surface area contributed by atoms with E-state index in [1.807, 2.05) is 13.8 Å². The zero-order chi connectivity index (χ0) is 39.9. The predicted molar refractivity (Wildman–Crippen MR) is 201 cm³/mol. The van der Waals surface area contributed by atoms with E-state index in [9.17, 15) is 33.6 Å². The highest BCUT2D eigenvalue weighted by molar-refractivity contribution is 5.86. The number of aliphatic imine (C=N–C) groups is 6. The molecule has 0 aromatic carbocycles. The molecule has 0 amide bonds. The van der Waals surface area contributed by atoms with Crippen molar-refractivity contribution in [1.29, 1.82) is 0 Å². The first-order valence-corrected chi connectivity index (χ1v) is 19.8. The van der Waals surface area contributed by atoms with E-state index in [2.05, 4.69) is 57.6 Å². The molecule has 0 aliphatic heterocycles. The van der Waals surface area contributed by atoms with Gasteiger partial charge in [-0.1, -0.05) is 41.5 Å². The third kappa shape index (κ3) is 11.0. The van der Waals surface area contributed by atoms with Gasteiger partial charge in [-0.15, -0.1) is 0 Å². The van der Waals surface area contributed by atoms with Crippen LogP contribution in [0, 0.1) is 46.3 Å². The Balaban J connectivity index is 0.000000219. The van der Waals surface area contributed by atoms with E-state index in [0.717, 1.165) is 77.0 Å². The Morgan fingerprint density at radius 3 is 1.31 bits per heavy atom. The van der Waals surface area contributed by atoms with Gasteiger partial charge in [-0.05, 0) is 124 Å². The number of carbonyl (C=O) groups excluding carboxylic acids is 7. The summed E-state index contributed by atoms with van der Waals surface area (Å²) in [6.07, 6.45) is 23.4. The smallest absolute Gasteiger partial charge is 0.235 e. The summed E-state index contributed by atoms with van der Waals surface area (Å²) in [7, 11) is 0. The van der Waals surface area contributed by atoms with Gasteiger partial charge in [0.05, 0.1) is 30.2 Å². The monoisotopic (exact) mass is 746 g/mol. The number of hydrogen-bond donors (Lipinski definition) is 0. The van der Waals surface area contributed by atoms with Crippen LogP contribution in [0.1, 0.15) is 131 Å². The second-order valence-corrected chi connectivity index (χ2v) is 16.9. The standard InChI is InChI=1S/2C15H22N2O2.C11H14N2O3/c2*1-11-8-15(6-4-14(11)17-10-19)5-3-13(16-9-18)7-12(15)2;1-3-8-10(12-5-14)7(2)4-9(16)11(8)13-6-15/h2*11-14H,3-8H2,1-2H3;7-8,10-11H,3-4H2,1-2H3. The van der Waals surface area contributed by atoms with Gasteiger partial charge in [0.2, 0.25) is 36.5 Å². The number of hydrogen-bond acceptors (Lipinski definition) is 13. The van der Waals surface area contributed by atoms with Crippen molar-refractivity contribution < 1.29 is 33.6 Å². The second-order valence-electron chi connectivity index (χ2n) is 16.9. The summed E-state index contributed by atoms with van der Waals surface area (Å²) in [5.74, 6) is 1.78. The van der Waals surface area contributed by atoms with Gasteiger partial charge in [0.15, 0.2) is 5.78 Å². The van der Waals surface area contributed by atoms with Crippen molar-refractivity contribution in [3.05, 3.63) is 0 Å². The molecule has 294 valence electrons. The molecule has 5 aliphatic rings. The Bertz CT molecular complexity index is 1490. The summed E-state index contributed by atoms with van der Waals surface area (Å²) >= 11 is 0. The number of Topliss-reactive ketones (excluding diaryl/α,β-unsaturated/α-hetero) is 1. The third-order valence-electron chi connectivity index (χ3n) is 14.0. The van der Waals surface area contributed by atoms with Crippen LogP contribution in [0.4, 0.5) is 0 Å². The van der Waals surface area contributed by atoms with Crippen LogP contribution >= 0.6 is 0 Å². The summed E-state index contributed by atoms with van der Waals surface area (Å²) in [6.45, 7) is 12.7. The number of rotatable bonds is 7. The average molecular weight is 747 g/mol. The summed E-state index contributed by atoms with van der Waals surface area (Å²) in [4.78, 5) is 96.9. The first-order chi connectivity index (χ1) is 25.9. The molecule has 0 radical (unpaired) electrons. The maximum absolute atomic E-state index is 11.7. The third-order valence-corrected chi connectivity index (χ3v) is 14.0. The SMILES string of the molecule is CC1CC2(CCC(N=C=O)CC2C)CCC1N=C=O.CC1CC2(CCC(N=C=O)CC2C)CCC1N=C=O.CCC1C(N=C=O)C(=O)CC(C)C1N=C=O. The molecule has 0 N–H and O–H groups in total. The summed E-state index contributed by atoms with van der Waals surface area (Å²) in [5, 5.41) is 0. The first-order valence-electron chi connectivity index (χ1n) is 19.8. The molecule has 14 unspecified atom stereocenters. The van der Waals surface area contributed by atoms with Crippen LogP contribution in [0.3, 0.4) is 0 Å². The van der Waals surface area contributed by atoms with Gasteiger partial charge >= 0.3 is 0 Å². The quantitative estimate of drug-likeness (QED) is 0.196. The Kier molecular flexibility index (Phi) is 17.4. The first kappa shape index (κ1) is 44.3. The summed E-state index contributed by atoms with van der Waals surface area (Å²) in [5.41, 5.74) is 0.729. The van der Waals surface area contributed by atoms with Gasteiger partial charge in [0, 0.05) is 12.3 Å². The van der Waals surface area contributed by atoms with Crippen molar-refractivity contribution in [3.63, 3.8) is 0 Å². The highest BCUT2D eigenvalue weighted by Gasteiger charge is 2.47. The van der Waals surface area contributed by atoms with Gasteiger partial charge in [0.1, 0.15) is 6.04 Å². The van der Waals surface area contributed by atoms with Crippen molar-refractivity contribution in [1.82, 2.24) is 0 Å². The number of ketones is 1. The van der Waals surface area contributed by atoms with Crippen LogP contribution in [0.25, 0.3) is 0 Å². The van der Waals surface area contributed by atoms with Gasteiger partial charge in [-0.25, -0.2) is 53.7 Å². The van der Waals surface area contributed by atoms with Gasteiger partial charge in [0.25, 0.3) is 0 Å². The summed E-state index contributed by atoms with van der Waals surface area (Å²) in [6, 6.07) is -0.330. The van der Waals surface area contributed by atoms with Crippen LogP contribution in [0.15, 0.2) is 30.0 Å². The van der Waals surface area contributed by atoms with Crippen molar-refractivity contribution in [2.24, 2.45) is 76.3 Å². The lowest BCUT2D eigenvalue weighted by Gasteiger charge is -2.50. The number of carbonyl (C=O) groups is 1. The van der Waals surface area contributed by atoms with Crippen LogP contribution in [-0.4, -0.2) is 78.5 Å². The lowest BCUT2D eigenvalue weighted by atomic mass is 9.56. The molecule has 13 nitrogen and oxygen atoms in total. The maximum Gasteiger partial charge on any atom is 0.235 e. The van der Waals surface area contributed by atoms with E-state index >= 15 is 0 Å². The molecule has 13 heteroatoms. The van der Waals surface area contributed by atoms with E-state index in [4.69, 9.17) is 0 Å². The van der Waals surface area contributed by atoms with E-state index in [-0.39, 0.29) is 47.8 Å². The molecular weight excluding hydrogens is 688 g/mol. The second kappa shape index (κ2) is 21.1. The average Bonchev–Trinajstić information content (AvgIpc) is 3.14. The van der Waals surface area contributed by atoms with Crippen LogP contribution < -0.4 is 0 Å². The van der Waals surface area contributed by atoms with E-state index in [1.165, 1.54) is 12.2 Å². The van der Waals surface area contributed by atoms with E-state index in [1.54, 1.807) is 24.3 Å². The normalized spacial score (nSPS) is 39.7. The zero-order valence-electron chi connectivity index (χ0n) is 32.9. The van der Waals surface area contributed by atoms with E-state index < -0.39 is 6.04 Å². The maximum atomic E-state index is 11.7. The predicted octanol–water partition coefficient (Wildman–Crippen LogP) is 7.07. The van der Waals surface area contributed by atoms with Gasteiger partial charge < -0.3 is 0 Å². The highest BCUT2D eigenvalue weighted by Crippen LogP contribution is 2.54. The minimum Gasteiger partial charge on any atom is -0.297 e. The fraction of sp³-hybridized carbons (Fsp3) is 0.829. The largest absolute Gasteiger partial charge is 0.297 e. The van der Waals surface area contributed by atoms with Crippen molar-refractivity contribution in [3.8, 4) is 0 Å². The molecule has 5 fully saturated rings. The fourth-order valence-corrected chi connectivity index (χ4v) is 10.8. The van der Waals surface area contributed by atoms with Crippen molar-refractivity contribution in [2.45, 2.75) is 168 Å². The molecule has 5 aliphatic carbocycles. The van der Waals surface area contributed by atoms with Gasteiger partial charge in [-0.2, -0.15) is 4.99 Å². The molecule has 54 heavy (non-hydrogen) atoms. The lowest BCUT2D eigenvalue weighted by molar-refractivity contribution is -0.125. The fourth-order valence-electron chi connectivity index (χ4n) is 10.8. The van der Waals surface area contributed by atoms with Crippen LogP contribution in [-0.2, 0) is 33.6 Å². The molecule has 0 heterocycles. The zero-order valence-corrected chi connectivity index (χ0v) is 32.9.